The Morgan fingerprint density at radius 2 is 2.00 bits per heavy atom. The summed E-state index contributed by atoms with van der Waals surface area (Å²) in [6.45, 7) is 1.37. The van der Waals surface area contributed by atoms with E-state index in [4.69, 9.17) is 5.73 Å². The molecule has 6 nitrogen and oxygen atoms in total. The number of anilines is 1. The third-order valence-corrected chi connectivity index (χ3v) is 4.72. The number of amides is 1. The molecule has 1 aliphatic heterocycles. The van der Waals surface area contributed by atoms with Crippen molar-refractivity contribution in [2.45, 2.75) is 12.3 Å². The van der Waals surface area contributed by atoms with Crippen LogP contribution in [0.1, 0.15) is 28.4 Å². The quantitative estimate of drug-likeness (QED) is 0.789. The van der Waals surface area contributed by atoms with Gasteiger partial charge in [0.2, 0.25) is 0 Å². The molecule has 4 rings (SSSR count). The minimum Gasteiger partial charge on any atom is -0.384 e. The van der Waals surface area contributed by atoms with Gasteiger partial charge in [-0.3, -0.25) is 4.79 Å². The Kier molecular flexibility index (Phi) is 4.31. The molecule has 3 aromatic rings. The molecule has 1 atom stereocenters. The number of aromatic nitrogens is 3. The van der Waals surface area contributed by atoms with Gasteiger partial charge in [0.05, 0.1) is 5.69 Å². The first kappa shape index (κ1) is 16.2. The highest BCUT2D eigenvalue weighted by Crippen LogP contribution is 2.33. The van der Waals surface area contributed by atoms with Gasteiger partial charge in [-0.2, -0.15) is 0 Å². The lowest BCUT2D eigenvalue weighted by molar-refractivity contribution is 0.0790. The van der Waals surface area contributed by atoms with Crippen molar-refractivity contribution in [3.8, 4) is 11.1 Å². The Labute approximate surface area is 151 Å². The lowest BCUT2D eigenvalue weighted by atomic mass is 9.96. The van der Waals surface area contributed by atoms with Gasteiger partial charge in [-0.1, -0.05) is 18.2 Å². The van der Waals surface area contributed by atoms with Gasteiger partial charge in [0.25, 0.3) is 5.91 Å². The minimum atomic E-state index is 0.0665. The molecular formula is C20H19N5O. The van der Waals surface area contributed by atoms with Crippen molar-refractivity contribution >= 4 is 11.7 Å². The van der Waals surface area contributed by atoms with Gasteiger partial charge < -0.3 is 10.6 Å². The largest absolute Gasteiger partial charge is 0.384 e. The van der Waals surface area contributed by atoms with Crippen LogP contribution in [0, 0.1) is 0 Å². The van der Waals surface area contributed by atoms with Crippen molar-refractivity contribution in [3.05, 3.63) is 72.4 Å². The van der Waals surface area contributed by atoms with Crippen LogP contribution in [0.4, 0.5) is 5.82 Å². The van der Waals surface area contributed by atoms with Crippen molar-refractivity contribution in [2.24, 2.45) is 0 Å². The van der Waals surface area contributed by atoms with Gasteiger partial charge >= 0.3 is 0 Å². The summed E-state index contributed by atoms with van der Waals surface area (Å²) in [4.78, 5) is 27.3. The fourth-order valence-electron chi connectivity index (χ4n) is 3.43. The maximum Gasteiger partial charge on any atom is 0.253 e. The second-order valence-corrected chi connectivity index (χ2v) is 6.39. The second-order valence-electron chi connectivity index (χ2n) is 6.39. The van der Waals surface area contributed by atoms with Gasteiger partial charge in [0, 0.05) is 42.5 Å². The van der Waals surface area contributed by atoms with E-state index in [2.05, 4.69) is 15.0 Å². The van der Waals surface area contributed by atoms with Gasteiger partial charge in [0.1, 0.15) is 12.1 Å². The van der Waals surface area contributed by atoms with Crippen LogP contribution in [0.5, 0.6) is 0 Å². The number of likely N-dealkylation sites (tertiary alicyclic amines) is 1. The predicted octanol–water partition coefficient (Wildman–Crippen LogP) is 2.75. The summed E-state index contributed by atoms with van der Waals surface area (Å²) in [6, 6.07) is 13.1. The summed E-state index contributed by atoms with van der Waals surface area (Å²) in [5.74, 6) is 0.705. The lowest BCUT2D eigenvalue weighted by Gasteiger charge is -2.17. The Hall–Kier alpha value is -3.28. The van der Waals surface area contributed by atoms with E-state index in [9.17, 15) is 4.79 Å². The topological polar surface area (TPSA) is 85.0 Å². The summed E-state index contributed by atoms with van der Waals surface area (Å²) in [5.41, 5.74) is 9.38. The first-order chi connectivity index (χ1) is 12.7. The molecule has 1 saturated heterocycles. The molecule has 130 valence electrons. The standard InChI is InChI=1S/C20H19N5O/c21-18-10-15(6-8-23-18)17-11-22-13-24-19(17)16-7-9-25(12-16)20(26)14-4-2-1-3-5-14/h1-6,8,10-11,13,16H,7,9,12H2,(H2,21,23)/t16-/m0/s1. The lowest BCUT2D eigenvalue weighted by Crippen LogP contribution is -2.28. The van der Waals surface area contributed by atoms with Gasteiger partial charge in [-0.25, -0.2) is 15.0 Å². The fraction of sp³-hybridized carbons (Fsp3) is 0.200. The van der Waals surface area contributed by atoms with E-state index in [0.29, 0.717) is 12.4 Å². The normalized spacial score (nSPS) is 16.6. The van der Waals surface area contributed by atoms with Crippen molar-refractivity contribution in [3.63, 3.8) is 0 Å². The highest BCUT2D eigenvalue weighted by atomic mass is 16.2. The smallest absolute Gasteiger partial charge is 0.253 e. The van der Waals surface area contributed by atoms with Crippen LogP contribution in [0.3, 0.4) is 0 Å². The number of carbonyl (C=O) groups excluding carboxylic acids is 1. The molecule has 0 spiro atoms. The van der Waals surface area contributed by atoms with E-state index in [1.54, 1.807) is 18.7 Å². The number of pyridine rings is 1. The molecule has 1 aliphatic rings. The minimum absolute atomic E-state index is 0.0665. The number of rotatable bonds is 3. The van der Waals surface area contributed by atoms with Crippen LogP contribution < -0.4 is 5.73 Å². The number of carbonyl (C=O) groups is 1. The molecule has 0 unspecified atom stereocenters. The number of nitrogen functional groups attached to an aromatic ring is 1. The van der Waals surface area contributed by atoms with E-state index in [0.717, 1.165) is 35.3 Å². The monoisotopic (exact) mass is 345 g/mol. The fourth-order valence-corrected chi connectivity index (χ4v) is 3.43. The SMILES string of the molecule is Nc1cc(-c2cncnc2[C@H]2CCN(C(=O)c3ccccc3)C2)ccn1. The Morgan fingerprint density at radius 3 is 2.81 bits per heavy atom. The molecule has 2 aromatic heterocycles. The number of nitrogens with zero attached hydrogens (tertiary/aromatic N) is 4. The molecule has 0 bridgehead atoms. The van der Waals surface area contributed by atoms with E-state index in [1.807, 2.05) is 47.4 Å². The first-order valence-corrected chi connectivity index (χ1v) is 8.58. The Bertz CT molecular complexity index is 928. The molecule has 2 N–H and O–H groups in total. The maximum absolute atomic E-state index is 12.7. The third kappa shape index (κ3) is 3.13. The Balaban J connectivity index is 1.59. The summed E-state index contributed by atoms with van der Waals surface area (Å²) in [7, 11) is 0. The molecule has 6 heteroatoms. The number of benzene rings is 1. The van der Waals surface area contributed by atoms with E-state index in [-0.39, 0.29) is 11.8 Å². The van der Waals surface area contributed by atoms with Gasteiger partial charge in [0.15, 0.2) is 0 Å². The zero-order chi connectivity index (χ0) is 17.9. The second kappa shape index (κ2) is 6.92. The van der Waals surface area contributed by atoms with Crippen LogP contribution in [0.2, 0.25) is 0 Å². The van der Waals surface area contributed by atoms with Crippen LogP contribution in [-0.2, 0) is 0 Å². The zero-order valence-corrected chi connectivity index (χ0v) is 14.2. The summed E-state index contributed by atoms with van der Waals surface area (Å²) in [5, 5.41) is 0. The van der Waals surface area contributed by atoms with E-state index in [1.165, 1.54) is 0 Å². The molecule has 0 aliphatic carbocycles. The van der Waals surface area contributed by atoms with Crippen LogP contribution in [0.15, 0.2) is 61.2 Å². The first-order valence-electron chi connectivity index (χ1n) is 8.58. The molecule has 1 aromatic carbocycles. The molecule has 26 heavy (non-hydrogen) atoms. The average molecular weight is 345 g/mol. The number of nitrogens with two attached hydrogens (primary N) is 1. The summed E-state index contributed by atoms with van der Waals surface area (Å²) >= 11 is 0. The van der Waals surface area contributed by atoms with Crippen molar-refractivity contribution < 1.29 is 4.79 Å². The van der Waals surface area contributed by atoms with E-state index < -0.39 is 0 Å². The molecule has 0 radical (unpaired) electrons. The van der Waals surface area contributed by atoms with Crippen LogP contribution >= 0.6 is 0 Å². The summed E-state index contributed by atoms with van der Waals surface area (Å²) in [6.07, 6.45) is 5.92. The van der Waals surface area contributed by atoms with Crippen molar-refractivity contribution in [1.82, 2.24) is 19.9 Å². The van der Waals surface area contributed by atoms with Gasteiger partial charge in [-0.15, -0.1) is 0 Å². The molecule has 3 heterocycles. The molecule has 0 saturated carbocycles. The third-order valence-electron chi connectivity index (χ3n) is 4.72. The molecular weight excluding hydrogens is 326 g/mol. The highest BCUT2D eigenvalue weighted by Gasteiger charge is 2.30. The van der Waals surface area contributed by atoms with Crippen LogP contribution in [0.25, 0.3) is 11.1 Å². The van der Waals surface area contributed by atoms with E-state index >= 15 is 0 Å². The molecule has 1 amide bonds. The zero-order valence-electron chi connectivity index (χ0n) is 14.2. The average Bonchev–Trinajstić information content (AvgIpc) is 3.18. The predicted molar refractivity (Wildman–Crippen MR) is 99.4 cm³/mol. The Morgan fingerprint density at radius 1 is 1.15 bits per heavy atom. The summed E-state index contributed by atoms with van der Waals surface area (Å²) < 4.78 is 0. The maximum atomic E-state index is 12.7. The highest BCUT2D eigenvalue weighted by molar-refractivity contribution is 5.94. The molecule has 1 fully saturated rings. The van der Waals surface area contributed by atoms with Crippen molar-refractivity contribution in [1.29, 1.82) is 0 Å². The number of hydrogen-bond acceptors (Lipinski definition) is 5. The van der Waals surface area contributed by atoms with Crippen molar-refractivity contribution in [2.75, 3.05) is 18.8 Å². The number of hydrogen-bond donors (Lipinski definition) is 1. The van der Waals surface area contributed by atoms with Crippen LogP contribution in [-0.4, -0.2) is 38.8 Å². The van der Waals surface area contributed by atoms with Gasteiger partial charge in [-0.05, 0) is 36.2 Å².